The second kappa shape index (κ2) is 8.43. The molecule has 0 aliphatic heterocycles. The molecule has 4 rings (SSSR count). The number of thiazole rings is 1. The molecule has 0 radical (unpaired) electrons. The highest BCUT2D eigenvalue weighted by Crippen LogP contribution is 2.32. The molecular weight excluding hydrogens is 446 g/mol. The molecule has 2 aromatic heterocycles. The number of hydrogen-bond acceptors (Lipinski definition) is 8. The zero-order chi connectivity index (χ0) is 22.8. The van der Waals surface area contributed by atoms with E-state index in [9.17, 15) is 29.1 Å². The van der Waals surface area contributed by atoms with Crippen LogP contribution in [-0.4, -0.2) is 26.0 Å². The van der Waals surface area contributed by atoms with Crippen LogP contribution in [0.25, 0.3) is 11.3 Å². The maximum atomic E-state index is 14.1. The number of aromatic nitrogens is 1. The molecule has 0 saturated carbocycles. The molecule has 0 amide bonds. The minimum absolute atomic E-state index is 0.0650. The number of phenolic OH excluding ortho intramolecular Hbond substituents is 2. The zero-order valence-electron chi connectivity index (χ0n) is 15.8. The topological polar surface area (TPSA) is 126 Å². The van der Waals surface area contributed by atoms with E-state index in [2.05, 4.69) is 10.1 Å². The third kappa shape index (κ3) is 4.25. The van der Waals surface area contributed by atoms with Crippen molar-refractivity contribution in [3.63, 3.8) is 0 Å². The number of furan rings is 1. The van der Waals surface area contributed by atoms with Gasteiger partial charge in [0.15, 0.2) is 11.6 Å². The Morgan fingerprint density at radius 2 is 1.94 bits per heavy atom. The van der Waals surface area contributed by atoms with Gasteiger partial charge >= 0.3 is 5.88 Å². The van der Waals surface area contributed by atoms with Crippen molar-refractivity contribution in [2.75, 3.05) is 0 Å². The van der Waals surface area contributed by atoms with Crippen molar-refractivity contribution in [3.05, 3.63) is 86.2 Å². The summed E-state index contributed by atoms with van der Waals surface area (Å²) in [4.78, 5) is 14.4. The molecule has 32 heavy (non-hydrogen) atoms. The second-order valence-electron chi connectivity index (χ2n) is 6.30. The van der Waals surface area contributed by atoms with Crippen LogP contribution in [0.15, 0.2) is 68.4 Å². The Morgan fingerprint density at radius 3 is 2.62 bits per heavy atom. The van der Waals surface area contributed by atoms with Gasteiger partial charge in [0, 0.05) is 23.1 Å². The summed E-state index contributed by atoms with van der Waals surface area (Å²) in [7, 11) is 0. The monoisotopic (exact) mass is 458 g/mol. The minimum atomic E-state index is -0.885. The number of rotatable bonds is 5. The number of aromatic hydroxyl groups is 2. The molecule has 2 N–H and O–H groups in total. The highest BCUT2D eigenvalue weighted by molar-refractivity contribution is 7.07. The van der Waals surface area contributed by atoms with E-state index in [1.807, 2.05) is 0 Å². The van der Waals surface area contributed by atoms with E-state index in [0.29, 0.717) is 11.8 Å². The summed E-state index contributed by atoms with van der Waals surface area (Å²) in [5.74, 6) is -2.46. The molecular formula is C20H12F2N4O5S. The van der Waals surface area contributed by atoms with Gasteiger partial charge in [0.05, 0.1) is 18.0 Å². The maximum absolute atomic E-state index is 14.1. The molecule has 2 aromatic carbocycles. The van der Waals surface area contributed by atoms with Crippen molar-refractivity contribution < 1.29 is 28.3 Å². The average Bonchev–Trinajstić information content (AvgIpc) is 3.36. The van der Waals surface area contributed by atoms with Gasteiger partial charge in [-0.05, 0) is 30.3 Å². The lowest BCUT2D eigenvalue weighted by atomic mass is 10.1. The van der Waals surface area contributed by atoms with Gasteiger partial charge in [-0.15, -0.1) is 11.3 Å². The van der Waals surface area contributed by atoms with Gasteiger partial charge in [0.2, 0.25) is 4.80 Å². The Hall–Kier alpha value is -4.32. The Labute approximate surface area is 181 Å². The minimum Gasteiger partial charge on any atom is -0.508 e. The van der Waals surface area contributed by atoms with Gasteiger partial charge in [0.25, 0.3) is 0 Å². The standard InChI is InChI=1S/C20H12F2N4O5S/c21-11-1-5-16(15(22)7-11)24-20-25(23-9-13-3-6-19(31-13)26(29)30)17(10-32-20)14-4-2-12(27)8-18(14)28/h1-10,27-28H/b23-9+,24-20?. The Kier molecular flexibility index (Phi) is 5.52. The molecule has 0 bridgehead atoms. The van der Waals surface area contributed by atoms with Crippen molar-refractivity contribution in [1.82, 2.24) is 4.68 Å². The fourth-order valence-corrected chi connectivity index (χ4v) is 3.55. The van der Waals surface area contributed by atoms with Crippen LogP contribution in [-0.2, 0) is 0 Å². The van der Waals surface area contributed by atoms with Gasteiger partial charge in [-0.25, -0.2) is 18.4 Å². The number of halogens is 2. The number of hydrogen-bond donors (Lipinski definition) is 2. The van der Waals surface area contributed by atoms with Crippen LogP contribution >= 0.6 is 11.3 Å². The van der Waals surface area contributed by atoms with Crippen LogP contribution in [0.2, 0.25) is 0 Å². The van der Waals surface area contributed by atoms with Crippen molar-refractivity contribution in [1.29, 1.82) is 0 Å². The number of nitrogens with zero attached hydrogens (tertiary/aromatic N) is 4. The smallest absolute Gasteiger partial charge is 0.433 e. The van der Waals surface area contributed by atoms with E-state index in [4.69, 9.17) is 4.42 Å². The highest BCUT2D eigenvalue weighted by atomic mass is 32.1. The Bertz CT molecular complexity index is 1420. The zero-order valence-corrected chi connectivity index (χ0v) is 16.7. The number of nitro groups is 1. The van der Waals surface area contributed by atoms with Crippen molar-refractivity contribution in [2.45, 2.75) is 0 Å². The van der Waals surface area contributed by atoms with E-state index in [1.165, 1.54) is 29.1 Å². The van der Waals surface area contributed by atoms with Gasteiger partial charge < -0.3 is 14.6 Å². The van der Waals surface area contributed by atoms with Crippen LogP contribution in [0, 0.1) is 21.7 Å². The fourth-order valence-electron chi connectivity index (χ4n) is 2.71. The molecule has 0 saturated heterocycles. The molecule has 0 aliphatic rings. The lowest BCUT2D eigenvalue weighted by molar-refractivity contribution is -0.402. The summed E-state index contributed by atoms with van der Waals surface area (Å²) in [6.45, 7) is 0. The summed E-state index contributed by atoms with van der Waals surface area (Å²) in [6.07, 6.45) is 1.18. The highest BCUT2D eigenvalue weighted by Gasteiger charge is 2.14. The summed E-state index contributed by atoms with van der Waals surface area (Å²) in [5.41, 5.74) is 0.459. The Balaban J connectivity index is 1.86. The normalized spacial score (nSPS) is 12.0. The van der Waals surface area contributed by atoms with Crippen molar-refractivity contribution >= 4 is 29.1 Å². The van der Waals surface area contributed by atoms with E-state index in [-0.39, 0.29) is 33.3 Å². The van der Waals surface area contributed by atoms with Crippen LogP contribution in [0.4, 0.5) is 20.4 Å². The molecule has 0 atom stereocenters. The third-order valence-electron chi connectivity index (χ3n) is 4.16. The van der Waals surface area contributed by atoms with E-state index < -0.39 is 22.4 Å². The first-order chi connectivity index (χ1) is 15.3. The average molecular weight is 458 g/mol. The summed E-state index contributed by atoms with van der Waals surface area (Å²) >= 11 is 1.05. The molecule has 0 aliphatic carbocycles. The molecule has 162 valence electrons. The number of benzene rings is 2. The van der Waals surface area contributed by atoms with Gasteiger partial charge in [-0.3, -0.25) is 10.1 Å². The number of phenols is 2. The molecule has 4 aromatic rings. The maximum Gasteiger partial charge on any atom is 0.433 e. The first-order valence-electron chi connectivity index (χ1n) is 8.83. The van der Waals surface area contributed by atoms with Crippen LogP contribution in [0.3, 0.4) is 0 Å². The molecule has 12 heteroatoms. The predicted octanol–water partition coefficient (Wildman–Crippen LogP) is 4.52. The van der Waals surface area contributed by atoms with Crippen LogP contribution < -0.4 is 4.80 Å². The van der Waals surface area contributed by atoms with Gasteiger partial charge in [0.1, 0.15) is 27.9 Å². The van der Waals surface area contributed by atoms with E-state index in [0.717, 1.165) is 35.6 Å². The largest absolute Gasteiger partial charge is 0.508 e. The lowest BCUT2D eigenvalue weighted by Gasteiger charge is -2.06. The molecule has 0 unspecified atom stereocenters. The predicted molar refractivity (Wildman–Crippen MR) is 111 cm³/mol. The summed E-state index contributed by atoms with van der Waals surface area (Å²) in [6, 6.07) is 9.33. The third-order valence-corrected chi connectivity index (χ3v) is 4.98. The Morgan fingerprint density at radius 1 is 1.12 bits per heavy atom. The molecule has 0 spiro atoms. The van der Waals surface area contributed by atoms with Crippen molar-refractivity contribution in [2.24, 2.45) is 10.1 Å². The van der Waals surface area contributed by atoms with E-state index >= 15 is 0 Å². The van der Waals surface area contributed by atoms with Crippen LogP contribution in [0.1, 0.15) is 5.76 Å². The van der Waals surface area contributed by atoms with Crippen molar-refractivity contribution in [3.8, 4) is 22.8 Å². The molecule has 0 fully saturated rings. The van der Waals surface area contributed by atoms with Gasteiger partial charge in [-0.1, -0.05) is 0 Å². The second-order valence-corrected chi connectivity index (χ2v) is 7.14. The quantitative estimate of drug-likeness (QED) is 0.258. The fraction of sp³-hybridized carbons (Fsp3) is 0. The molecule has 9 nitrogen and oxygen atoms in total. The summed E-state index contributed by atoms with van der Waals surface area (Å²) < 4.78 is 33.6. The van der Waals surface area contributed by atoms with E-state index in [1.54, 1.807) is 5.38 Å². The first-order valence-corrected chi connectivity index (χ1v) is 9.71. The lowest BCUT2D eigenvalue weighted by Crippen LogP contribution is -2.11. The molecule has 2 heterocycles. The van der Waals surface area contributed by atoms with Gasteiger partial charge in [-0.2, -0.15) is 5.10 Å². The SMILES string of the molecule is O=[N+]([O-])c1ccc(/C=N/n2c(-c3ccc(O)cc3O)csc2=Nc2ccc(F)cc2F)o1. The van der Waals surface area contributed by atoms with Crippen LogP contribution in [0.5, 0.6) is 11.5 Å². The first kappa shape index (κ1) is 20.9. The summed E-state index contributed by atoms with van der Waals surface area (Å²) in [5, 5.41) is 36.4.